The highest BCUT2D eigenvalue weighted by Gasteiger charge is 2.55. The van der Waals surface area contributed by atoms with Gasteiger partial charge in [0.05, 0.1) is 10.4 Å². The van der Waals surface area contributed by atoms with Gasteiger partial charge < -0.3 is 25.8 Å². The molecule has 2 aliphatic heterocycles. The number of amides is 3. The second-order valence-electron chi connectivity index (χ2n) is 10.1. The number of nitrogens with one attached hydrogen (secondary N) is 4. The normalized spacial score (nSPS) is 17.9. The molecule has 15 nitrogen and oxygen atoms in total. The highest BCUT2D eigenvalue weighted by Crippen LogP contribution is 2.41. The molecule has 3 amide bonds. The number of H-pyrrole nitrogens is 2. The molecule has 6 rings (SSSR count). The quantitative estimate of drug-likeness (QED) is 0.0855. The minimum absolute atomic E-state index is 0.0211. The molecule has 17 heteroatoms. The van der Waals surface area contributed by atoms with Crippen molar-refractivity contribution in [2.24, 2.45) is 0 Å². The number of aromatic amines is 2. The minimum Gasteiger partial charge on any atom is -0.508 e. The molecule has 0 saturated carbocycles. The van der Waals surface area contributed by atoms with Gasteiger partial charge in [-0.3, -0.25) is 33.9 Å². The maximum atomic E-state index is 13.7. The highest BCUT2D eigenvalue weighted by molar-refractivity contribution is 8.00. The number of pyridine rings is 2. The third-order valence-electron chi connectivity index (χ3n) is 7.30. The van der Waals surface area contributed by atoms with Crippen molar-refractivity contribution in [1.82, 2.24) is 35.7 Å². The molecule has 46 heavy (non-hydrogen) atoms. The molecule has 1 saturated heterocycles. The van der Waals surface area contributed by atoms with Crippen molar-refractivity contribution < 1.29 is 29.4 Å². The van der Waals surface area contributed by atoms with E-state index in [1.165, 1.54) is 48.8 Å². The number of fused-ring (bicyclic) bond motifs is 2. The Bertz CT molecular complexity index is 2090. The van der Waals surface area contributed by atoms with Crippen LogP contribution in [0.3, 0.4) is 0 Å². The monoisotopic (exact) mass is 659 g/mol. The first-order chi connectivity index (χ1) is 22.0. The summed E-state index contributed by atoms with van der Waals surface area (Å²) >= 11 is 6.59. The number of carboxylic acids is 1. The number of phenols is 1. The van der Waals surface area contributed by atoms with Gasteiger partial charge in [0.1, 0.15) is 45.7 Å². The topological polar surface area (TPSA) is 228 Å². The van der Waals surface area contributed by atoms with Gasteiger partial charge in [0, 0.05) is 29.8 Å². The first kappa shape index (κ1) is 30.4. The van der Waals surface area contributed by atoms with Crippen LogP contribution in [-0.2, 0) is 14.4 Å². The van der Waals surface area contributed by atoms with Crippen molar-refractivity contribution in [2.75, 3.05) is 5.75 Å². The van der Waals surface area contributed by atoms with Crippen LogP contribution in [0.2, 0.25) is 0 Å². The van der Waals surface area contributed by atoms with Gasteiger partial charge in [0.2, 0.25) is 11.3 Å². The van der Waals surface area contributed by atoms with Crippen LogP contribution in [0.1, 0.15) is 27.7 Å². The molecule has 6 N–H and O–H groups in total. The lowest BCUT2D eigenvalue weighted by molar-refractivity contribution is -0.150. The third-order valence-corrected chi connectivity index (χ3v) is 9.04. The van der Waals surface area contributed by atoms with Crippen molar-refractivity contribution in [1.29, 1.82) is 0 Å². The second-order valence-corrected chi connectivity index (χ2v) is 11.6. The van der Waals surface area contributed by atoms with Gasteiger partial charge in [0.15, 0.2) is 0 Å². The van der Waals surface area contributed by atoms with Crippen molar-refractivity contribution in [3.05, 3.63) is 110 Å². The summed E-state index contributed by atoms with van der Waals surface area (Å²) in [5, 5.41) is 30.2. The van der Waals surface area contributed by atoms with Crippen LogP contribution in [0, 0.1) is 0 Å². The number of carbonyl (C=O) groups excluding carboxylic acids is 3. The zero-order valence-corrected chi connectivity index (χ0v) is 24.8. The fourth-order valence-corrected chi connectivity index (χ4v) is 6.77. The van der Waals surface area contributed by atoms with Crippen molar-refractivity contribution in [3.8, 4) is 5.75 Å². The number of phenolic OH excluding ortho intramolecular Hbond substituents is 1. The van der Waals surface area contributed by atoms with Gasteiger partial charge in [-0.15, -0.1) is 11.8 Å². The Labute approximate surface area is 266 Å². The Morgan fingerprint density at radius 3 is 2.54 bits per heavy atom. The number of β-lactam (4-membered cyclic amide) rings is 1. The number of carbonyl (C=O) groups is 4. The van der Waals surface area contributed by atoms with E-state index in [2.05, 4.69) is 30.8 Å². The van der Waals surface area contributed by atoms with Crippen LogP contribution in [-0.4, -0.2) is 81.0 Å². The van der Waals surface area contributed by atoms with Crippen molar-refractivity contribution in [2.45, 2.75) is 17.5 Å². The number of aromatic hydroxyl groups is 1. The molecule has 4 aromatic rings. The van der Waals surface area contributed by atoms with Gasteiger partial charge in [-0.05, 0) is 35.9 Å². The van der Waals surface area contributed by atoms with E-state index in [-0.39, 0.29) is 50.0 Å². The SMILES string of the molecule is O=C(O)C1=C(C(=S)c2ccc(=O)[nH]n2)CS[C@H]2C(NC(=O)C(NC(=O)c3c[nH]c4cccnc4c3=O)c3ccc(O)cc3)C(=O)N12. The molecule has 3 atom stereocenters. The molecule has 1 fully saturated rings. The third kappa shape index (κ3) is 5.41. The molecule has 2 aliphatic rings. The van der Waals surface area contributed by atoms with Crippen molar-refractivity contribution >= 4 is 63.6 Å². The number of nitrogens with zero attached hydrogens (tertiary/aromatic N) is 3. The summed E-state index contributed by atoms with van der Waals surface area (Å²) in [6, 6.07) is 8.53. The number of aromatic nitrogens is 4. The van der Waals surface area contributed by atoms with Crippen LogP contribution < -0.4 is 21.6 Å². The predicted octanol–water partition coefficient (Wildman–Crippen LogP) is 0.340. The first-order valence-electron chi connectivity index (χ1n) is 13.4. The van der Waals surface area contributed by atoms with Crippen LogP contribution in [0.5, 0.6) is 5.75 Å². The maximum Gasteiger partial charge on any atom is 0.353 e. The van der Waals surface area contributed by atoms with E-state index in [9.17, 15) is 39.0 Å². The fourth-order valence-electron chi connectivity index (χ4n) is 5.05. The largest absolute Gasteiger partial charge is 0.508 e. The molecule has 0 aliphatic carbocycles. The van der Waals surface area contributed by atoms with Gasteiger partial charge in [-0.2, -0.15) is 5.10 Å². The molecule has 0 radical (unpaired) electrons. The standard InChI is InChI=1S/C29H21N7O8S2/c37-13-5-3-12(4-6-13)19(32-25(40)14-10-31-16-2-1-9-30-20(16)23(14)39)26(41)33-21-27(42)36-22(29(43)44)15(11-46-28(21)36)24(45)17-7-8-18(38)35-34-17/h1-10,19,21,28,37H,11H2,(H,31,39)(H,32,40)(H,33,41)(H,35,38)(H,43,44)/t19?,21?,28-/m0/s1. The molecule has 0 bridgehead atoms. The molecular formula is C29H21N7O8S2. The van der Waals surface area contributed by atoms with E-state index in [0.717, 1.165) is 16.7 Å². The van der Waals surface area contributed by atoms with Crippen LogP contribution in [0.15, 0.2) is 81.8 Å². The summed E-state index contributed by atoms with van der Waals surface area (Å²) in [7, 11) is 0. The maximum absolute atomic E-state index is 13.7. The van der Waals surface area contributed by atoms with E-state index in [0.29, 0.717) is 5.52 Å². The summed E-state index contributed by atoms with van der Waals surface area (Å²) in [5.41, 5.74) is -0.879. The fraction of sp³-hybridized carbons (Fsp3) is 0.138. The van der Waals surface area contributed by atoms with Crippen LogP contribution >= 0.6 is 24.0 Å². The number of hydrogen-bond donors (Lipinski definition) is 6. The van der Waals surface area contributed by atoms with Crippen LogP contribution in [0.25, 0.3) is 11.0 Å². The highest BCUT2D eigenvalue weighted by atomic mass is 32.2. The zero-order valence-electron chi connectivity index (χ0n) is 23.2. The lowest BCUT2D eigenvalue weighted by atomic mass is 9.99. The van der Waals surface area contributed by atoms with Gasteiger partial charge in [-0.1, -0.05) is 24.4 Å². The Balaban J connectivity index is 1.26. The average Bonchev–Trinajstić information content (AvgIpc) is 3.05. The first-order valence-corrected chi connectivity index (χ1v) is 14.9. The molecule has 2 unspecified atom stereocenters. The lowest BCUT2D eigenvalue weighted by Crippen LogP contribution is -2.71. The summed E-state index contributed by atoms with van der Waals surface area (Å²) < 4.78 is 0. The lowest BCUT2D eigenvalue weighted by Gasteiger charge is -2.49. The Kier molecular flexibility index (Phi) is 7.93. The Morgan fingerprint density at radius 1 is 1.09 bits per heavy atom. The van der Waals surface area contributed by atoms with E-state index in [1.807, 2.05) is 0 Å². The average molecular weight is 660 g/mol. The van der Waals surface area contributed by atoms with E-state index >= 15 is 0 Å². The van der Waals surface area contributed by atoms with E-state index in [4.69, 9.17) is 12.2 Å². The molecule has 3 aromatic heterocycles. The number of carboxylic acid groups (broad SMARTS) is 1. The molecule has 0 spiro atoms. The molecule has 5 heterocycles. The number of rotatable bonds is 8. The smallest absolute Gasteiger partial charge is 0.353 e. The summed E-state index contributed by atoms with van der Waals surface area (Å²) in [4.78, 5) is 84.9. The van der Waals surface area contributed by atoms with E-state index in [1.54, 1.807) is 12.1 Å². The van der Waals surface area contributed by atoms with E-state index < -0.39 is 52.1 Å². The zero-order chi connectivity index (χ0) is 32.7. The number of aliphatic carboxylic acids is 1. The number of thiocarbonyl (C=S) groups is 1. The number of thioether (sulfide) groups is 1. The van der Waals surface area contributed by atoms with Crippen molar-refractivity contribution in [3.63, 3.8) is 0 Å². The summed E-state index contributed by atoms with van der Waals surface area (Å²) in [6.45, 7) is 0. The predicted molar refractivity (Wildman–Crippen MR) is 167 cm³/mol. The van der Waals surface area contributed by atoms with Gasteiger partial charge in [-0.25, -0.2) is 9.89 Å². The number of hydrogen-bond acceptors (Lipinski definition) is 11. The van der Waals surface area contributed by atoms with Gasteiger partial charge in [0.25, 0.3) is 17.4 Å². The molecule has 232 valence electrons. The Morgan fingerprint density at radius 2 is 1.85 bits per heavy atom. The minimum atomic E-state index is -1.42. The number of benzene rings is 1. The molecular weight excluding hydrogens is 638 g/mol. The summed E-state index contributed by atoms with van der Waals surface area (Å²) in [5.74, 6) is -3.93. The molecule has 1 aromatic carbocycles. The Hall–Kier alpha value is -5.68. The van der Waals surface area contributed by atoms with Gasteiger partial charge >= 0.3 is 5.97 Å². The second kappa shape index (κ2) is 12.0. The summed E-state index contributed by atoms with van der Waals surface area (Å²) in [6.07, 6.45) is 2.60. The van der Waals surface area contributed by atoms with Crippen LogP contribution in [0.4, 0.5) is 0 Å².